The molecule has 9 nitrogen and oxygen atoms in total. The van der Waals surface area contributed by atoms with Crippen LogP contribution in [0.15, 0.2) is 48.8 Å². The van der Waals surface area contributed by atoms with Crippen LogP contribution in [0.4, 0.5) is 11.6 Å². The normalized spacial score (nSPS) is 15.4. The summed E-state index contributed by atoms with van der Waals surface area (Å²) in [7, 11) is 1.66. The number of pyridine rings is 1. The Labute approximate surface area is 198 Å². The Kier molecular flexibility index (Phi) is 5.69. The van der Waals surface area contributed by atoms with Gasteiger partial charge < -0.3 is 20.1 Å². The summed E-state index contributed by atoms with van der Waals surface area (Å²) < 4.78 is 13.1. The molecule has 0 bridgehead atoms. The maximum absolute atomic E-state index is 6.03. The number of anilines is 2. The molecule has 0 radical (unpaired) electrons. The standard InChI is InChI=1S/C25H29N7O2/c1-25(2)10-13-31(14-11-25)20-15-28-21-23(29-20)32(16-17-6-8-18(33-3)9-7-17)30-24(21)34-19-5-4-12-27-22(19)26/h4-9,12,15H,10-11,13-14,16H2,1-3H3,(H2,26,27). The van der Waals surface area contributed by atoms with Gasteiger partial charge in [-0.25, -0.2) is 19.6 Å². The number of piperidine rings is 1. The fourth-order valence-corrected chi connectivity index (χ4v) is 4.08. The van der Waals surface area contributed by atoms with E-state index in [4.69, 9.17) is 30.3 Å². The van der Waals surface area contributed by atoms with Crippen molar-refractivity contribution in [3.63, 3.8) is 0 Å². The van der Waals surface area contributed by atoms with Crippen molar-refractivity contribution in [1.82, 2.24) is 24.7 Å². The molecule has 3 aromatic heterocycles. The first-order valence-corrected chi connectivity index (χ1v) is 11.4. The topological polar surface area (TPSA) is 104 Å². The van der Waals surface area contributed by atoms with Crippen LogP contribution in [0.25, 0.3) is 11.2 Å². The van der Waals surface area contributed by atoms with Crippen molar-refractivity contribution in [1.29, 1.82) is 0 Å². The van der Waals surface area contributed by atoms with Crippen molar-refractivity contribution in [2.24, 2.45) is 5.41 Å². The molecule has 4 heterocycles. The van der Waals surface area contributed by atoms with Crippen LogP contribution in [0.5, 0.6) is 17.4 Å². The number of hydrogen-bond acceptors (Lipinski definition) is 8. The number of rotatable bonds is 6. The van der Waals surface area contributed by atoms with Gasteiger partial charge in [0.05, 0.1) is 19.9 Å². The minimum Gasteiger partial charge on any atom is -0.497 e. The number of nitrogens with zero attached hydrogens (tertiary/aromatic N) is 6. The number of nitrogens with two attached hydrogens (primary N) is 1. The third-order valence-corrected chi connectivity index (χ3v) is 6.34. The molecule has 176 valence electrons. The van der Waals surface area contributed by atoms with Crippen LogP contribution < -0.4 is 20.1 Å². The van der Waals surface area contributed by atoms with Crippen LogP contribution in [0.1, 0.15) is 32.3 Å². The lowest BCUT2D eigenvalue weighted by atomic mass is 9.83. The fourth-order valence-electron chi connectivity index (χ4n) is 4.08. The molecule has 1 aromatic carbocycles. The molecule has 1 aliphatic heterocycles. The highest BCUT2D eigenvalue weighted by Crippen LogP contribution is 2.34. The summed E-state index contributed by atoms with van der Waals surface area (Å²) in [6.45, 7) is 7.05. The molecule has 2 N–H and O–H groups in total. The SMILES string of the molecule is COc1ccc(Cn2nc(Oc3cccnc3N)c3ncc(N4CCC(C)(C)CC4)nc32)cc1. The van der Waals surface area contributed by atoms with E-state index in [1.807, 2.05) is 28.9 Å². The lowest BCUT2D eigenvalue weighted by molar-refractivity contribution is 0.279. The highest BCUT2D eigenvalue weighted by Gasteiger charge is 2.27. The molecular formula is C25H29N7O2. The van der Waals surface area contributed by atoms with Crippen LogP contribution in [0.2, 0.25) is 0 Å². The summed E-state index contributed by atoms with van der Waals surface area (Å²) in [6.07, 6.45) is 5.66. The number of ether oxygens (including phenoxy) is 2. The predicted octanol–water partition coefficient (Wildman–Crippen LogP) is 4.28. The molecule has 0 unspecified atom stereocenters. The Morgan fingerprint density at radius 3 is 2.53 bits per heavy atom. The van der Waals surface area contributed by atoms with E-state index in [9.17, 15) is 0 Å². The minimum absolute atomic E-state index is 0.292. The first-order valence-electron chi connectivity index (χ1n) is 11.4. The summed E-state index contributed by atoms with van der Waals surface area (Å²) in [4.78, 5) is 16.1. The summed E-state index contributed by atoms with van der Waals surface area (Å²) >= 11 is 0. The molecule has 1 fully saturated rings. The van der Waals surface area contributed by atoms with E-state index in [1.54, 1.807) is 31.6 Å². The van der Waals surface area contributed by atoms with Gasteiger partial charge in [-0.1, -0.05) is 26.0 Å². The second-order valence-corrected chi connectivity index (χ2v) is 9.35. The Morgan fingerprint density at radius 1 is 1.06 bits per heavy atom. The number of benzene rings is 1. The molecule has 1 aliphatic rings. The van der Waals surface area contributed by atoms with Crippen molar-refractivity contribution < 1.29 is 9.47 Å². The lowest BCUT2D eigenvalue weighted by Crippen LogP contribution is -2.37. The van der Waals surface area contributed by atoms with Crippen molar-refractivity contribution >= 4 is 22.8 Å². The van der Waals surface area contributed by atoms with Crippen molar-refractivity contribution in [2.75, 3.05) is 30.8 Å². The van der Waals surface area contributed by atoms with Crippen molar-refractivity contribution in [3.8, 4) is 17.4 Å². The minimum atomic E-state index is 0.292. The summed E-state index contributed by atoms with van der Waals surface area (Å²) in [6, 6.07) is 11.4. The zero-order chi connectivity index (χ0) is 23.7. The largest absolute Gasteiger partial charge is 0.497 e. The predicted molar refractivity (Wildman–Crippen MR) is 131 cm³/mol. The molecule has 4 aromatic rings. The summed E-state index contributed by atoms with van der Waals surface area (Å²) in [5.74, 6) is 2.73. The van der Waals surface area contributed by atoms with E-state index in [2.05, 4.69) is 23.7 Å². The first kappa shape index (κ1) is 21.9. The average molecular weight is 460 g/mol. The van der Waals surface area contributed by atoms with Gasteiger partial charge in [0.2, 0.25) is 0 Å². The number of hydrogen-bond donors (Lipinski definition) is 1. The third-order valence-electron chi connectivity index (χ3n) is 6.34. The zero-order valence-corrected chi connectivity index (χ0v) is 19.7. The molecule has 0 saturated carbocycles. The van der Waals surface area contributed by atoms with Gasteiger partial charge in [-0.2, -0.15) is 0 Å². The molecule has 0 aliphatic carbocycles. The van der Waals surface area contributed by atoms with Gasteiger partial charge in [0.15, 0.2) is 22.7 Å². The van der Waals surface area contributed by atoms with Crippen LogP contribution in [-0.4, -0.2) is 44.9 Å². The van der Waals surface area contributed by atoms with E-state index >= 15 is 0 Å². The van der Waals surface area contributed by atoms with E-state index < -0.39 is 0 Å². The zero-order valence-electron chi connectivity index (χ0n) is 19.7. The van der Waals surface area contributed by atoms with Gasteiger partial charge in [-0.05, 0) is 48.1 Å². The summed E-state index contributed by atoms with van der Waals surface area (Å²) in [5, 5.41) is 4.71. The van der Waals surface area contributed by atoms with Gasteiger partial charge >= 0.3 is 0 Å². The van der Waals surface area contributed by atoms with E-state index in [1.165, 1.54) is 0 Å². The second kappa shape index (κ2) is 8.81. The first-order chi connectivity index (χ1) is 16.4. The molecule has 1 saturated heterocycles. The van der Waals surface area contributed by atoms with Crippen molar-refractivity contribution in [2.45, 2.75) is 33.2 Å². The van der Waals surface area contributed by atoms with Crippen LogP contribution >= 0.6 is 0 Å². The fraction of sp³-hybridized carbons (Fsp3) is 0.360. The van der Waals surface area contributed by atoms with Gasteiger partial charge in [0.25, 0.3) is 5.88 Å². The number of fused-ring (bicyclic) bond motifs is 1. The maximum Gasteiger partial charge on any atom is 0.267 e. The molecule has 0 amide bonds. The summed E-state index contributed by atoms with van der Waals surface area (Å²) in [5.41, 5.74) is 8.65. The second-order valence-electron chi connectivity index (χ2n) is 9.35. The van der Waals surface area contributed by atoms with Crippen LogP contribution in [0.3, 0.4) is 0 Å². The van der Waals surface area contributed by atoms with Crippen molar-refractivity contribution in [3.05, 3.63) is 54.4 Å². The van der Waals surface area contributed by atoms with Gasteiger partial charge in [-0.15, -0.1) is 5.10 Å². The van der Waals surface area contributed by atoms with E-state index in [0.29, 0.717) is 40.6 Å². The highest BCUT2D eigenvalue weighted by atomic mass is 16.5. The number of aromatic nitrogens is 5. The quantitative estimate of drug-likeness (QED) is 0.456. The highest BCUT2D eigenvalue weighted by molar-refractivity contribution is 5.78. The van der Waals surface area contributed by atoms with Gasteiger partial charge in [-0.3, -0.25) is 0 Å². The Hall–Kier alpha value is -3.88. The average Bonchev–Trinajstić information content (AvgIpc) is 3.17. The van der Waals surface area contributed by atoms with Gasteiger partial charge in [0.1, 0.15) is 11.6 Å². The Morgan fingerprint density at radius 2 is 1.82 bits per heavy atom. The van der Waals surface area contributed by atoms with E-state index in [-0.39, 0.29) is 0 Å². The smallest absolute Gasteiger partial charge is 0.267 e. The molecule has 34 heavy (non-hydrogen) atoms. The maximum atomic E-state index is 6.03. The lowest BCUT2D eigenvalue weighted by Gasteiger charge is -2.37. The molecular weight excluding hydrogens is 430 g/mol. The molecule has 0 atom stereocenters. The molecule has 5 rings (SSSR count). The monoisotopic (exact) mass is 459 g/mol. The Balaban J connectivity index is 1.52. The van der Waals surface area contributed by atoms with Crippen LogP contribution in [0, 0.1) is 5.41 Å². The van der Waals surface area contributed by atoms with Crippen LogP contribution in [-0.2, 0) is 6.54 Å². The molecule has 0 spiro atoms. The Bertz CT molecular complexity index is 1290. The van der Waals surface area contributed by atoms with E-state index in [0.717, 1.165) is 43.1 Å². The number of nitrogen functional groups attached to an aromatic ring is 1. The third kappa shape index (κ3) is 4.46. The molecule has 9 heteroatoms. The van der Waals surface area contributed by atoms with Gasteiger partial charge in [0, 0.05) is 19.3 Å². The number of methoxy groups -OCH3 is 1.